The molecule has 4 aliphatic rings. The van der Waals surface area contributed by atoms with Gasteiger partial charge in [-0.3, -0.25) is 28.2 Å². The first kappa shape index (κ1) is 60.3. The number of hydrogen-bond donors (Lipinski definition) is 0. The van der Waals surface area contributed by atoms with Gasteiger partial charge in [-0.15, -0.1) is 11.3 Å². The Morgan fingerprint density at radius 1 is 0.605 bits per heavy atom. The summed E-state index contributed by atoms with van der Waals surface area (Å²) in [6.07, 6.45) is 21.4. The van der Waals surface area contributed by atoms with Crippen LogP contribution in [0.4, 0.5) is 0 Å². The second kappa shape index (κ2) is 28.0. The number of pyridine rings is 2. The van der Waals surface area contributed by atoms with Gasteiger partial charge >= 0.3 is 133 Å². The number of benzene rings is 2. The zero-order valence-electron chi connectivity index (χ0n) is 49.3. The van der Waals surface area contributed by atoms with Crippen molar-refractivity contribution in [3.8, 4) is 23.0 Å². The van der Waals surface area contributed by atoms with Gasteiger partial charge in [0.05, 0.1) is 107 Å². The topological polar surface area (TPSA) is 194 Å². The molecule has 0 N–H and O–H groups in total. The second-order valence-electron chi connectivity index (χ2n) is 23.4. The molecule has 10 aromatic rings. The third-order valence-electron chi connectivity index (χ3n) is 17.0. The Morgan fingerprint density at radius 3 is 1.58 bits per heavy atom. The average Bonchev–Trinajstić information content (AvgIpc) is 4.15. The van der Waals surface area contributed by atoms with Gasteiger partial charge in [0.15, 0.2) is 11.6 Å². The fourth-order valence-corrected chi connectivity index (χ4v) is 30.7. The van der Waals surface area contributed by atoms with Gasteiger partial charge in [0, 0.05) is 64.9 Å². The molecular weight excluding hydrogens is 1300 g/mol. The molecule has 2 saturated carbocycles. The Hall–Kier alpha value is -5.98. The molecule has 22 heteroatoms. The van der Waals surface area contributed by atoms with E-state index >= 15 is 0 Å². The zero-order chi connectivity index (χ0) is 59.0. The monoisotopic (exact) mass is 1370 g/mol. The second-order valence-corrected chi connectivity index (χ2v) is 38.8. The Morgan fingerprint density at radius 2 is 1.12 bits per heavy atom. The van der Waals surface area contributed by atoms with Gasteiger partial charge in [-0.05, 0) is 81.0 Å². The van der Waals surface area contributed by atoms with Gasteiger partial charge in [-0.1, -0.05) is 22.0 Å². The van der Waals surface area contributed by atoms with Crippen LogP contribution in [-0.4, -0.2) is 116 Å². The van der Waals surface area contributed by atoms with E-state index in [9.17, 15) is 9.59 Å². The van der Waals surface area contributed by atoms with E-state index in [4.69, 9.17) is 43.9 Å². The van der Waals surface area contributed by atoms with E-state index in [0.29, 0.717) is 61.7 Å². The van der Waals surface area contributed by atoms with Gasteiger partial charge in [0.1, 0.15) is 0 Å². The maximum absolute atomic E-state index is 13.4. The van der Waals surface area contributed by atoms with Gasteiger partial charge < -0.3 is 18.9 Å². The van der Waals surface area contributed by atoms with E-state index in [1.54, 1.807) is 49.0 Å². The van der Waals surface area contributed by atoms with Crippen LogP contribution in [0.25, 0.3) is 55.1 Å². The first-order valence-electron chi connectivity index (χ1n) is 30.7. The maximum Gasteiger partial charge on any atom is 0.329 e. The summed E-state index contributed by atoms with van der Waals surface area (Å²) in [7, 11) is 0. The predicted molar refractivity (Wildman–Crippen MR) is 346 cm³/mol. The number of rotatable bonds is 23. The molecule has 0 spiro atoms. The van der Waals surface area contributed by atoms with Crippen LogP contribution in [0.2, 0.25) is 13.3 Å². The summed E-state index contributed by atoms with van der Waals surface area (Å²) < 4.78 is 37.7. The summed E-state index contributed by atoms with van der Waals surface area (Å²) in [4.78, 5) is 63.5. The Bertz CT molecular complexity index is 4000. The van der Waals surface area contributed by atoms with E-state index < -0.39 is 18.4 Å². The fourth-order valence-electron chi connectivity index (χ4n) is 12.0. The summed E-state index contributed by atoms with van der Waals surface area (Å²) in [6.45, 7) is 11.5. The van der Waals surface area contributed by atoms with Crippen molar-refractivity contribution in [1.82, 2.24) is 58.1 Å². The summed E-state index contributed by atoms with van der Waals surface area (Å²) in [5, 5.41) is 6.08. The molecular formula is C64H75BrN12O6S2Sn. The molecule has 2 atom stereocenters. The minimum atomic E-state index is -2.13. The number of fused-ring (bicyclic) bond motifs is 4. The van der Waals surface area contributed by atoms with Crippen molar-refractivity contribution in [2.75, 3.05) is 39.6 Å². The summed E-state index contributed by atoms with van der Waals surface area (Å²) in [5.41, 5.74) is 10.7. The van der Waals surface area contributed by atoms with Crippen LogP contribution < -0.4 is 24.6 Å². The molecule has 14 rings (SSSR count). The van der Waals surface area contributed by atoms with Crippen molar-refractivity contribution >= 4 is 105 Å². The molecule has 450 valence electrons. The van der Waals surface area contributed by atoms with E-state index in [2.05, 4.69) is 62.5 Å². The maximum atomic E-state index is 13.4. The normalized spacial score (nSPS) is 16.9. The molecule has 2 saturated heterocycles. The number of hydrogen-bond acceptors (Lipinski definition) is 16. The van der Waals surface area contributed by atoms with Crippen molar-refractivity contribution in [2.45, 2.75) is 136 Å². The molecule has 8 aromatic heterocycles. The first-order valence-corrected chi connectivity index (χ1v) is 40.9. The van der Waals surface area contributed by atoms with Gasteiger partial charge in [0.2, 0.25) is 11.8 Å². The molecule has 2 aliphatic heterocycles. The van der Waals surface area contributed by atoms with Crippen LogP contribution in [0.15, 0.2) is 109 Å². The van der Waals surface area contributed by atoms with Gasteiger partial charge in [0.25, 0.3) is 0 Å². The van der Waals surface area contributed by atoms with E-state index in [1.165, 1.54) is 51.8 Å². The predicted octanol–water partition coefficient (Wildman–Crippen LogP) is 13.0. The molecule has 4 fully saturated rings. The van der Waals surface area contributed by atoms with Crippen molar-refractivity contribution in [3.05, 3.63) is 132 Å². The molecule has 0 radical (unpaired) electrons. The van der Waals surface area contributed by atoms with Crippen molar-refractivity contribution < 1.29 is 18.9 Å². The summed E-state index contributed by atoms with van der Waals surface area (Å²) in [5.74, 6) is 2.83. The van der Waals surface area contributed by atoms with E-state index in [-0.39, 0.29) is 36.6 Å². The number of nitrogens with zero attached hydrogens (tertiary/aromatic N) is 12. The van der Waals surface area contributed by atoms with Crippen LogP contribution in [0.3, 0.4) is 0 Å². The molecule has 18 nitrogen and oxygen atoms in total. The molecule has 86 heavy (non-hydrogen) atoms. The number of halogens is 1. The van der Waals surface area contributed by atoms with Crippen LogP contribution in [0.1, 0.15) is 122 Å². The van der Waals surface area contributed by atoms with Crippen LogP contribution in [0.5, 0.6) is 11.8 Å². The largest absolute Gasteiger partial charge is 0.477 e. The third-order valence-corrected chi connectivity index (χ3v) is 34.4. The van der Waals surface area contributed by atoms with Gasteiger partial charge in [-0.2, -0.15) is 9.97 Å². The number of imidazole rings is 2. The van der Waals surface area contributed by atoms with Crippen molar-refractivity contribution in [2.24, 2.45) is 11.8 Å². The van der Waals surface area contributed by atoms with Crippen LogP contribution in [0, 0.1) is 11.8 Å². The van der Waals surface area contributed by atoms with E-state index in [0.717, 1.165) is 111 Å². The standard InChI is InChI=1S/C26H24N6O3S.C23H22BrN5O3.3C4H9.C3H2NS.Sn/c33-26-31(23-10-27-7-5-22(23)32(26)18-2-3-18)11-24-29-20-4-1-17(21-14-36-15-28-21)9-19(20)25(30-24)35-13-16-6-8-34-12-16;24-15-1-4-18-17(9-15)22(32-13-14-6-8-31-12-14)27-21(26-18)11-28-20-10-25-7-5-19(20)29(23(28)30)16-2-3-16;3*1-3-4-2;1-2-5-3-4-1;/h1,4-5,7,9-10,14-16,18H,2-3,6,8,11-13H2;1,4-5,7,9-10,14,16H,2-3,6,8,11-13H2;3*1,3-4H2,2H3;2-3H;. The fraction of sp³-hybridized carbons (Fsp3) is 0.469. The summed E-state index contributed by atoms with van der Waals surface area (Å²) >= 11 is 4.76. The average molecular weight is 1370 g/mol. The molecule has 0 amide bonds. The van der Waals surface area contributed by atoms with Crippen molar-refractivity contribution in [3.63, 3.8) is 0 Å². The third kappa shape index (κ3) is 13.8. The number of unbranched alkanes of at least 4 members (excludes halogenated alkanes) is 3. The minimum Gasteiger partial charge on any atom is -0.477 e. The molecule has 2 unspecified atom stereocenters. The molecule has 10 heterocycles. The Balaban J connectivity index is 0.000000134. The zero-order valence-corrected chi connectivity index (χ0v) is 55.4. The summed E-state index contributed by atoms with van der Waals surface area (Å²) in [6, 6.07) is 16.2. The molecule has 0 bridgehead atoms. The van der Waals surface area contributed by atoms with Crippen LogP contribution in [-0.2, 0) is 22.6 Å². The van der Waals surface area contributed by atoms with Crippen LogP contribution >= 0.6 is 38.6 Å². The number of ether oxygens (including phenoxy) is 4. The molecule has 2 aromatic carbocycles. The SMILES string of the molecule is CCC[CH2][Sn]([CH2]CCC)([CH2]CCC)[c]1cscn1.O=c1n(Cc2nc(OCC3CCOC3)c3cc(-c4cscn4)ccc3n2)c2cnccc2n1C1CC1.O=c1n(Cc2nc(OCC3CCOC3)c3cc(Br)ccc3n2)c2cnccc2n1C1CC1. The number of thiazole rings is 2. The number of aromatic nitrogens is 12. The van der Waals surface area contributed by atoms with E-state index in [1.807, 2.05) is 79.9 Å². The van der Waals surface area contributed by atoms with Gasteiger partial charge in [-0.25, -0.2) is 24.5 Å². The quantitative estimate of drug-likeness (QED) is 0.0549. The molecule has 2 aliphatic carbocycles. The minimum absolute atomic E-state index is 0.0411. The Labute approximate surface area is 520 Å². The first-order chi connectivity index (χ1) is 42.2. The smallest absolute Gasteiger partial charge is 0.329 e. The Kier molecular flexibility index (Phi) is 19.6. The van der Waals surface area contributed by atoms with Crippen molar-refractivity contribution in [1.29, 1.82) is 0 Å².